The molecule has 10 heteroatoms. The van der Waals surface area contributed by atoms with Crippen molar-refractivity contribution in [2.75, 3.05) is 0 Å². The molecule has 2 aromatic carbocycles. The Morgan fingerprint density at radius 2 is 1.76 bits per heavy atom. The molecule has 0 bridgehead atoms. The summed E-state index contributed by atoms with van der Waals surface area (Å²) < 4.78 is 2.97. The van der Waals surface area contributed by atoms with Gasteiger partial charge in [-0.2, -0.15) is 9.94 Å². The molecule has 0 aliphatic carbocycles. The smallest absolute Gasteiger partial charge is 0.205 e. The van der Waals surface area contributed by atoms with Crippen LogP contribution in [0.2, 0.25) is 0 Å². The van der Waals surface area contributed by atoms with Crippen LogP contribution in [0.3, 0.4) is 0 Å². The summed E-state index contributed by atoms with van der Waals surface area (Å²) in [5.74, 6) is 1.52. The van der Waals surface area contributed by atoms with Crippen LogP contribution in [0, 0.1) is 12.1 Å². The van der Waals surface area contributed by atoms with Crippen LogP contribution >= 0.6 is 0 Å². The molecule has 6 rings (SSSR count). The average molecular weight is 547 g/mol. The lowest BCUT2D eigenvalue weighted by atomic mass is 9.98. The van der Waals surface area contributed by atoms with Gasteiger partial charge in [-0.05, 0) is 40.0 Å². The Balaban J connectivity index is 1.37. The molecule has 6 aromatic rings. The highest BCUT2D eigenvalue weighted by Crippen LogP contribution is 2.31. The number of benzene rings is 2. The van der Waals surface area contributed by atoms with E-state index >= 15 is 0 Å². The first-order valence-corrected chi connectivity index (χ1v) is 13.7. The average Bonchev–Trinajstić information content (AvgIpc) is 3.66. The lowest BCUT2D eigenvalue weighted by molar-refractivity contribution is -0.612. The van der Waals surface area contributed by atoms with Crippen LogP contribution < -0.4 is 4.73 Å². The predicted molar refractivity (Wildman–Crippen MR) is 155 cm³/mol. The number of aryl methyl sites for hydroxylation is 2. The van der Waals surface area contributed by atoms with Crippen molar-refractivity contribution < 1.29 is 9.84 Å². The van der Waals surface area contributed by atoms with Gasteiger partial charge in [0, 0.05) is 36.6 Å². The van der Waals surface area contributed by atoms with E-state index in [2.05, 4.69) is 62.4 Å². The molecule has 0 saturated heterocycles. The summed E-state index contributed by atoms with van der Waals surface area (Å²) >= 11 is 0. The maximum atomic E-state index is 11.9. The monoisotopic (exact) mass is 546 g/mol. The second-order valence-electron chi connectivity index (χ2n) is 10.1. The van der Waals surface area contributed by atoms with E-state index in [1.807, 2.05) is 30.3 Å². The summed E-state index contributed by atoms with van der Waals surface area (Å²) in [7, 11) is 0. The van der Waals surface area contributed by atoms with Gasteiger partial charge in [0.15, 0.2) is 17.5 Å². The van der Waals surface area contributed by atoms with Crippen LogP contribution in [0.25, 0.3) is 44.8 Å². The third-order valence-corrected chi connectivity index (χ3v) is 7.31. The second-order valence-corrected chi connectivity index (χ2v) is 10.1. The molecule has 0 aliphatic rings. The Labute approximate surface area is 237 Å². The number of aliphatic hydroxyl groups excluding tert-OH is 1. The number of hydrogen-bond donors (Lipinski definition) is 2. The van der Waals surface area contributed by atoms with Crippen molar-refractivity contribution in [3.8, 4) is 33.6 Å². The number of rotatable bonds is 9. The number of imidazole rings is 1. The van der Waals surface area contributed by atoms with Gasteiger partial charge in [0.25, 0.3) is 0 Å². The van der Waals surface area contributed by atoms with Crippen molar-refractivity contribution in [3.63, 3.8) is 0 Å². The molecule has 0 saturated carbocycles. The van der Waals surface area contributed by atoms with E-state index in [0.29, 0.717) is 23.8 Å². The number of pyridine rings is 2. The van der Waals surface area contributed by atoms with Crippen molar-refractivity contribution in [2.24, 2.45) is 0 Å². The van der Waals surface area contributed by atoms with E-state index in [0.717, 1.165) is 74.4 Å². The van der Waals surface area contributed by atoms with Crippen molar-refractivity contribution in [1.82, 2.24) is 35.2 Å². The number of tetrazole rings is 1. The molecule has 10 nitrogen and oxygen atoms in total. The van der Waals surface area contributed by atoms with Crippen LogP contribution in [-0.4, -0.2) is 40.3 Å². The van der Waals surface area contributed by atoms with Gasteiger partial charge in [-0.15, -0.1) is 10.2 Å². The van der Waals surface area contributed by atoms with E-state index in [-0.39, 0.29) is 6.61 Å². The van der Waals surface area contributed by atoms with Gasteiger partial charge in [-0.25, -0.2) is 9.97 Å². The zero-order valence-corrected chi connectivity index (χ0v) is 22.9. The number of unbranched alkanes of at least 4 members (excludes halogenated alkanes) is 1. The third kappa shape index (κ3) is 5.17. The molecule has 206 valence electrons. The summed E-state index contributed by atoms with van der Waals surface area (Å²) in [4.78, 5) is 9.88. The number of aromatic amines is 1. The minimum atomic E-state index is -0.222. The summed E-state index contributed by atoms with van der Waals surface area (Å²) in [5.41, 5.74) is 8.34. The van der Waals surface area contributed by atoms with E-state index in [1.54, 1.807) is 13.0 Å². The maximum absolute atomic E-state index is 11.9. The SMILES string of the molecule is CCCCc1nc2cc(-c3cc[n+]([O-])c(C)c3)c(CO)nc2n1Cc1ccc(-c2ccccc2-c2nn[nH]n2)cc1. The molecule has 0 fully saturated rings. The first-order chi connectivity index (χ1) is 20.1. The molecule has 2 N–H and O–H groups in total. The Morgan fingerprint density at radius 3 is 2.46 bits per heavy atom. The second kappa shape index (κ2) is 11.3. The fourth-order valence-corrected chi connectivity index (χ4v) is 5.14. The Morgan fingerprint density at radius 1 is 0.951 bits per heavy atom. The van der Waals surface area contributed by atoms with Gasteiger partial charge in [-0.1, -0.05) is 61.9 Å². The quantitative estimate of drug-likeness (QED) is 0.197. The Bertz CT molecular complexity index is 1810. The summed E-state index contributed by atoms with van der Waals surface area (Å²) in [6.45, 7) is 4.30. The lowest BCUT2D eigenvalue weighted by Crippen LogP contribution is -2.28. The summed E-state index contributed by atoms with van der Waals surface area (Å²) in [6.07, 6.45) is 4.37. The number of fused-ring (bicyclic) bond motifs is 1. The lowest BCUT2D eigenvalue weighted by Gasteiger charge is -2.12. The third-order valence-electron chi connectivity index (χ3n) is 7.31. The zero-order valence-electron chi connectivity index (χ0n) is 22.9. The van der Waals surface area contributed by atoms with Gasteiger partial charge < -0.3 is 14.9 Å². The van der Waals surface area contributed by atoms with Crippen LogP contribution in [0.1, 0.15) is 42.5 Å². The van der Waals surface area contributed by atoms with Crippen LogP contribution in [0.5, 0.6) is 0 Å². The topological polar surface area (TPSA) is 132 Å². The van der Waals surface area contributed by atoms with Gasteiger partial charge in [0.1, 0.15) is 11.3 Å². The van der Waals surface area contributed by atoms with Crippen molar-refractivity contribution in [1.29, 1.82) is 0 Å². The number of H-pyrrole nitrogens is 1. The Hall–Kier alpha value is -4.96. The molecule has 0 aliphatic heterocycles. The van der Waals surface area contributed by atoms with Crippen LogP contribution in [0.15, 0.2) is 72.9 Å². The van der Waals surface area contributed by atoms with E-state index in [1.165, 1.54) is 6.20 Å². The highest BCUT2D eigenvalue weighted by molar-refractivity contribution is 5.81. The number of aliphatic hydroxyl groups is 1. The predicted octanol–water partition coefficient (Wildman–Crippen LogP) is 4.77. The minimum Gasteiger partial charge on any atom is -0.619 e. The molecule has 0 radical (unpaired) electrons. The van der Waals surface area contributed by atoms with Gasteiger partial charge in [0.05, 0.1) is 18.8 Å². The molecule has 0 amide bonds. The van der Waals surface area contributed by atoms with Crippen LogP contribution in [-0.2, 0) is 19.6 Å². The number of nitrogens with zero attached hydrogens (tertiary/aromatic N) is 7. The van der Waals surface area contributed by atoms with E-state index in [4.69, 9.17) is 9.97 Å². The first-order valence-electron chi connectivity index (χ1n) is 13.7. The molecular weight excluding hydrogens is 516 g/mol. The molecule has 4 heterocycles. The van der Waals surface area contributed by atoms with E-state index in [9.17, 15) is 10.3 Å². The number of aromatic nitrogens is 8. The minimum absolute atomic E-state index is 0.222. The largest absolute Gasteiger partial charge is 0.619 e. The standard InChI is InChI=1S/C31H30N8O2/c1-3-4-9-29-32-27-17-26(23-14-15-39(41)20(2)16-23)28(19-40)33-31(27)38(29)18-21-10-12-22(13-11-21)24-7-5-6-8-25(24)30-34-36-37-35-30/h5-8,10-17,40H,3-4,9,18-19H2,1-2H3,(H,34,35,36,37). The number of nitrogens with one attached hydrogen (secondary N) is 1. The molecule has 0 spiro atoms. The Kier molecular flexibility index (Phi) is 7.22. The molecule has 4 aromatic heterocycles. The van der Waals surface area contributed by atoms with Crippen molar-refractivity contribution >= 4 is 11.2 Å². The fourth-order valence-electron chi connectivity index (χ4n) is 5.14. The normalized spacial score (nSPS) is 11.4. The summed E-state index contributed by atoms with van der Waals surface area (Å²) in [6, 6.07) is 22.0. The molecular formula is C31H30N8O2. The molecule has 0 unspecified atom stereocenters. The highest BCUT2D eigenvalue weighted by Gasteiger charge is 2.18. The molecule has 0 atom stereocenters. The van der Waals surface area contributed by atoms with Crippen LogP contribution in [0.4, 0.5) is 0 Å². The maximum Gasteiger partial charge on any atom is 0.205 e. The van der Waals surface area contributed by atoms with Crippen molar-refractivity contribution in [3.05, 3.63) is 101 Å². The molecule has 41 heavy (non-hydrogen) atoms. The van der Waals surface area contributed by atoms with Gasteiger partial charge >= 0.3 is 0 Å². The van der Waals surface area contributed by atoms with Gasteiger partial charge in [0.2, 0.25) is 5.82 Å². The fraction of sp³-hybridized carbons (Fsp3) is 0.226. The van der Waals surface area contributed by atoms with Gasteiger partial charge in [-0.3, -0.25) is 0 Å². The number of hydrogen-bond acceptors (Lipinski definition) is 7. The van der Waals surface area contributed by atoms with E-state index < -0.39 is 0 Å². The highest BCUT2D eigenvalue weighted by atomic mass is 16.5. The zero-order chi connectivity index (χ0) is 28.3. The first kappa shape index (κ1) is 26.3. The summed E-state index contributed by atoms with van der Waals surface area (Å²) in [5, 5.41) is 36.7. The van der Waals surface area contributed by atoms with Crippen molar-refractivity contribution in [2.45, 2.75) is 46.3 Å².